The number of amides is 1. The fourth-order valence-corrected chi connectivity index (χ4v) is 1.22. The van der Waals surface area contributed by atoms with Crippen LogP contribution in [0, 0.1) is 0 Å². The lowest BCUT2D eigenvalue weighted by molar-refractivity contribution is -0.118. The van der Waals surface area contributed by atoms with E-state index in [1.54, 1.807) is 24.1 Å². The molecule has 0 heterocycles. The summed E-state index contributed by atoms with van der Waals surface area (Å²) in [6.45, 7) is 0.404. The number of hydrogen-bond donors (Lipinski definition) is 1. The van der Waals surface area contributed by atoms with E-state index in [0.717, 1.165) is 5.69 Å². The number of likely N-dealkylation sites (N-methyl/N-ethyl adjacent to an activating group) is 2. The molecule has 4 heteroatoms. The van der Waals surface area contributed by atoms with Crippen molar-refractivity contribution >= 4 is 17.3 Å². The molecule has 0 saturated carbocycles. The van der Waals surface area contributed by atoms with Crippen LogP contribution in [0.4, 0.5) is 11.4 Å². The number of carbonyl (C=O) groups excluding carboxylic acids is 1. The lowest BCUT2D eigenvalue weighted by Crippen LogP contribution is -2.34. The third-order valence-electron chi connectivity index (χ3n) is 2.11. The molecular formula is C11H17N3O. The van der Waals surface area contributed by atoms with Gasteiger partial charge in [-0.05, 0) is 38.4 Å². The largest absolute Gasteiger partial charge is 0.399 e. The van der Waals surface area contributed by atoms with Gasteiger partial charge in [0.25, 0.3) is 0 Å². The smallest absolute Gasteiger partial charge is 0.240 e. The topological polar surface area (TPSA) is 49.6 Å². The summed E-state index contributed by atoms with van der Waals surface area (Å²) in [5.41, 5.74) is 7.13. The SMILES string of the molecule is CN(C)CC(=O)N(C)c1ccc(N)cc1. The van der Waals surface area contributed by atoms with E-state index in [-0.39, 0.29) is 5.91 Å². The first kappa shape index (κ1) is 11.5. The molecule has 1 aromatic carbocycles. The molecule has 0 atom stereocenters. The van der Waals surface area contributed by atoms with E-state index in [9.17, 15) is 4.79 Å². The maximum Gasteiger partial charge on any atom is 0.240 e. The number of anilines is 2. The van der Waals surface area contributed by atoms with Gasteiger partial charge in [0.1, 0.15) is 0 Å². The Morgan fingerprint density at radius 2 is 1.73 bits per heavy atom. The van der Waals surface area contributed by atoms with Crippen molar-refractivity contribution in [2.75, 3.05) is 38.3 Å². The van der Waals surface area contributed by atoms with Crippen molar-refractivity contribution in [1.29, 1.82) is 0 Å². The van der Waals surface area contributed by atoms with E-state index < -0.39 is 0 Å². The third kappa shape index (κ3) is 3.25. The summed E-state index contributed by atoms with van der Waals surface area (Å²) in [6.07, 6.45) is 0. The van der Waals surface area contributed by atoms with Crippen LogP contribution in [0.2, 0.25) is 0 Å². The van der Waals surface area contributed by atoms with Crippen molar-refractivity contribution in [3.05, 3.63) is 24.3 Å². The Balaban J connectivity index is 2.71. The van der Waals surface area contributed by atoms with Gasteiger partial charge in [-0.25, -0.2) is 0 Å². The average molecular weight is 207 g/mol. The van der Waals surface area contributed by atoms with Gasteiger partial charge in [0.2, 0.25) is 5.91 Å². The number of nitrogens with two attached hydrogens (primary N) is 1. The van der Waals surface area contributed by atoms with E-state index >= 15 is 0 Å². The van der Waals surface area contributed by atoms with Gasteiger partial charge in [0.15, 0.2) is 0 Å². The fraction of sp³-hybridized carbons (Fsp3) is 0.364. The summed E-state index contributed by atoms with van der Waals surface area (Å²) in [5, 5.41) is 0. The van der Waals surface area contributed by atoms with Crippen molar-refractivity contribution in [1.82, 2.24) is 4.90 Å². The Hall–Kier alpha value is -1.55. The van der Waals surface area contributed by atoms with Crippen LogP contribution in [0.1, 0.15) is 0 Å². The fourth-order valence-electron chi connectivity index (χ4n) is 1.22. The number of rotatable bonds is 3. The molecule has 0 bridgehead atoms. The number of nitrogen functional groups attached to an aromatic ring is 1. The van der Waals surface area contributed by atoms with Crippen molar-refractivity contribution < 1.29 is 4.79 Å². The number of nitrogens with zero attached hydrogens (tertiary/aromatic N) is 2. The zero-order chi connectivity index (χ0) is 11.4. The molecule has 0 saturated heterocycles. The van der Waals surface area contributed by atoms with Gasteiger partial charge in [0, 0.05) is 18.4 Å². The third-order valence-corrected chi connectivity index (χ3v) is 2.11. The predicted octanol–water partition coefficient (Wildman–Crippen LogP) is 0.793. The van der Waals surface area contributed by atoms with Crippen molar-refractivity contribution in [2.24, 2.45) is 0 Å². The van der Waals surface area contributed by atoms with Crippen LogP contribution in [0.15, 0.2) is 24.3 Å². The number of benzene rings is 1. The molecular weight excluding hydrogens is 190 g/mol. The summed E-state index contributed by atoms with van der Waals surface area (Å²) >= 11 is 0. The Labute approximate surface area is 90.3 Å². The summed E-state index contributed by atoms with van der Waals surface area (Å²) in [6, 6.07) is 7.25. The van der Waals surface area contributed by atoms with Crippen LogP contribution >= 0.6 is 0 Å². The Kier molecular flexibility index (Phi) is 3.68. The first-order chi connectivity index (χ1) is 7.00. The van der Waals surface area contributed by atoms with Gasteiger partial charge in [0.05, 0.1) is 6.54 Å². The quantitative estimate of drug-likeness (QED) is 0.746. The van der Waals surface area contributed by atoms with Gasteiger partial charge >= 0.3 is 0 Å². The molecule has 0 fully saturated rings. The molecule has 2 N–H and O–H groups in total. The van der Waals surface area contributed by atoms with E-state index in [2.05, 4.69) is 0 Å². The van der Waals surface area contributed by atoms with Gasteiger partial charge in [-0.15, -0.1) is 0 Å². The van der Waals surface area contributed by atoms with Crippen LogP contribution in [0.3, 0.4) is 0 Å². The van der Waals surface area contributed by atoms with Gasteiger partial charge in [-0.1, -0.05) is 0 Å². The molecule has 0 radical (unpaired) electrons. The Morgan fingerprint density at radius 3 is 2.20 bits per heavy atom. The summed E-state index contributed by atoms with van der Waals surface area (Å²) < 4.78 is 0. The summed E-state index contributed by atoms with van der Waals surface area (Å²) in [7, 11) is 5.50. The highest BCUT2D eigenvalue weighted by atomic mass is 16.2. The first-order valence-electron chi connectivity index (χ1n) is 4.77. The molecule has 0 spiro atoms. The molecule has 1 amide bonds. The minimum atomic E-state index is 0.0600. The molecule has 15 heavy (non-hydrogen) atoms. The Morgan fingerprint density at radius 1 is 1.20 bits per heavy atom. The second-order valence-corrected chi connectivity index (χ2v) is 3.78. The summed E-state index contributed by atoms with van der Waals surface area (Å²) in [5.74, 6) is 0.0600. The van der Waals surface area contributed by atoms with Crippen molar-refractivity contribution in [2.45, 2.75) is 0 Å². The lowest BCUT2D eigenvalue weighted by atomic mass is 10.2. The van der Waals surface area contributed by atoms with E-state index in [0.29, 0.717) is 12.2 Å². The highest BCUT2D eigenvalue weighted by Gasteiger charge is 2.10. The molecule has 4 nitrogen and oxygen atoms in total. The molecule has 0 unspecified atom stereocenters. The Bertz CT molecular complexity index is 332. The van der Waals surface area contributed by atoms with Crippen LogP contribution in [0.25, 0.3) is 0 Å². The maximum absolute atomic E-state index is 11.7. The number of carbonyl (C=O) groups is 1. The van der Waals surface area contributed by atoms with Crippen molar-refractivity contribution in [3.8, 4) is 0 Å². The highest BCUT2D eigenvalue weighted by Crippen LogP contribution is 2.14. The molecule has 0 aliphatic rings. The minimum absolute atomic E-state index is 0.0600. The second kappa shape index (κ2) is 4.79. The average Bonchev–Trinajstić information content (AvgIpc) is 2.17. The van der Waals surface area contributed by atoms with E-state index in [4.69, 9.17) is 5.73 Å². The molecule has 0 aromatic heterocycles. The van der Waals surface area contributed by atoms with Crippen molar-refractivity contribution in [3.63, 3.8) is 0 Å². The summed E-state index contributed by atoms with van der Waals surface area (Å²) in [4.78, 5) is 15.2. The monoisotopic (exact) mass is 207 g/mol. The van der Waals surface area contributed by atoms with Gasteiger partial charge in [-0.2, -0.15) is 0 Å². The standard InChI is InChI=1S/C11H17N3O/c1-13(2)8-11(15)14(3)10-6-4-9(12)5-7-10/h4-7H,8,12H2,1-3H3. The van der Waals surface area contributed by atoms with Crippen LogP contribution in [0.5, 0.6) is 0 Å². The highest BCUT2D eigenvalue weighted by molar-refractivity contribution is 5.94. The van der Waals surface area contributed by atoms with E-state index in [1.165, 1.54) is 0 Å². The second-order valence-electron chi connectivity index (χ2n) is 3.78. The zero-order valence-electron chi connectivity index (χ0n) is 9.40. The van der Waals surface area contributed by atoms with Crippen LogP contribution in [-0.2, 0) is 4.79 Å². The lowest BCUT2D eigenvalue weighted by Gasteiger charge is -2.19. The number of hydrogen-bond acceptors (Lipinski definition) is 3. The molecule has 1 rings (SSSR count). The van der Waals surface area contributed by atoms with Crippen LogP contribution < -0.4 is 10.6 Å². The minimum Gasteiger partial charge on any atom is -0.399 e. The normalized spacial score (nSPS) is 10.4. The maximum atomic E-state index is 11.7. The first-order valence-corrected chi connectivity index (χ1v) is 4.77. The van der Waals surface area contributed by atoms with Gasteiger partial charge < -0.3 is 15.5 Å². The van der Waals surface area contributed by atoms with E-state index in [1.807, 2.05) is 31.1 Å². The molecule has 0 aliphatic heterocycles. The molecule has 82 valence electrons. The molecule has 0 aliphatic carbocycles. The molecule has 1 aromatic rings. The predicted molar refractivity (Wildman–Crippen MR) is 62.8 cm³/mol. The van der Waals surface area contributed by atoms with Crippen LogP contribution in [-0.4, -0.2) is 38.5 Å². The zero-order valence-corrected chi connectivity index (χ0v) is 9.40. The van der Waals surface area contributed by atoms with Gasteiger partial charge in [-0.3, -0.25) is 4.79 Å².